The van der Waals surface area contributed by atoms with Gasteiger partial charge in [0.25, 0.3) is 0 Å². The molecule has 3 nitrogen and oxygen atoms in total. The predicted molar refractivity (Wildman–Crippen MR) is 78.5 cm³/mol. The first kappa shape index (κ1) is 13.5. The summed E-state index contributed by atoms with van der Waals surface area (Å²) in [6.45, 7) is 0.640. The molecule has 1 aromatic heterocycles. The normalized spacial score (nSPS) is 17.6. The van der Waals surface area contributed by atoms with Gasteiger partial charge in [0.15, 0.2) is 0 Å². The average molecular weight is 282 g/mol. The molecule has 0 bridgehead atoms. The first-order valence-corrected chi connectivity index (χ1v) is 7.43. The van der Waals surface area contributed by atoms with E-state index in [4.69, 9.17) is 18.0 Å². The van der Waals surface area contributed by atoms with Gasteiger partial charge in [-0.3, -0.25) is 4.79 Å². The molecule has 2 N–H and O–H groups in total. The maximum Gasteiger partial charge on any atom is 0.235 e. The molecule has 1 fully saturated rings. The van der Waals surface area contributed by atoms with Crippen LogP contribution < -0.4 is 5.73 Å². The van der Waals surface area contributed by atoms with E-state index in [0.717, 1.165) is 25.7 Å². The van der Waals surface area contributed by atoms with Crippen molar-refractivity contribution in [2.75, 3.05) is 7.05 Å². The standard InChI is InChI=1S/C13H18N2OS2/c1-15(9-10-5-4-8-18-10)12(16)13(11(14)17)6-2-3-7-13/h4-5,8H,2-3,6-7,9H2,1H3,(H2,14,17). The Hall–Kier alpha value is -0.940. The Morgan fingerprint density at radius 1 is 1.56 bits per heavy atom. The van der Waals surface area contributed by atoms with Crippen LogP contribution in [0, 0.1) is 5.41 Å². The quantitative estimate of drug-likeness (QED) is 0.863. The Balaban J connectivity index is 2.11. The summed E-state index contributed by atoms with van der Waals surface area (Å²) in [4.78, 5) is 15.9. The van der Waals surface area contributed by atoms with E-state index in [0.29, 0.717) is 11.5 Å². The Labute approximate surface area is 117 Å². The number of hydrogen-bond donors (Lipinski definition) is 1. The molecular weight excluding hydrogens is 264 g/mol. The summed E-state index contributed by atoms with van der Waals surface area (Å²) < 4.78 is 0. The number of carbonyl (C=O) groups excluding carboxylic acids is 1. The van der Waals surface area contributed by atoms with Gasteiger partial charge >= 0.3 is 0 Å². The number of rotatable bonds is 4. The van der Waals surface area contributed by atoms with Gasteiger partial charge in [-0.05, 0) is 24.3 Å². The third kappa shape index (κ3) is 2.42. The van der Waals surface area contributed by atoms with Crippen molar-refractivity contribution in [3.05, 3.63) is 22.4 Å². The Bertz CT molecular complexity index is 436. The Morgan fingerprint density at radius 3 is 2.72 bits per heavy atom. The molecule has 0 saturated heterocycles. The number of carbonyl (C=O) groups is 1. The van der Waals surface area contributed by atoms with Crippen LogP contribution in [0.3, 0.4) is 0 Å². The Kier molecular flexibility index (Phi) is 4.02. The molecule has 1 aromatic rings. The van der Waals surface area contributed by atoms with Crippen molar-refractivity contribution in [2.45, 2.75) is 32.2 Å². The summed E-state index contributed by atoms with van der Waals surface area (Å²) in [5.74, 6) is 0.0842. The second-order valence-electron chi connectivity index (χ2n) is 4.89. The minimum absolute atomic E-state index is 0.0842. The summed E-state index contributed by atoms with van der Waals surface area (Å²) in [6, 6.07) is 4.04. The van der Waals surface area contributed by atoms with Crippen LogP contribution in [-0.2, 0) is 11.3 Å². The van der Waals surface area contributed by atoms with Crippen molar-refractivity contribution < 1.29 is 4.79 Å². The lowest BCUT2D eigenvalue weighted by atomic mass is 9.84. The highest BCUT2D eigenvalue weighted by atomic mass is 32.1. The van der Waals surface area contributed by atoms with Gasteiger partial charge in [0, 0.05) is 11.9 Å². The van der Waals surface area contributed by atoms with E-state index in [1.54, 1.807) is 16.2 Å². The third-order valence-corrected chi connectivity index (χ3v) is 4.91. The highest BCUT2D eigenvalue weighted by molar-refractivity contribution is 7.80. The minimum Gasteiger partial charge on any atom is -0.392 e. The van der Waals surface area contributed by atoms with Gasteiger partial charge in [-0.2, -0.15) is 0 Å². The van der Waals surface area contributed by atoms with Gasteiger partial charge < -0.3 is 10.6 Å². The molecule has 1 amide bonds. The van der Waals surface area contributed by atoms with E-state index in [9.17, 15) is 4.79 Å². The molecule has 0 aromatic carbocycles. The van der Waals surface area contributed by atoms with Crippen LogP contribution in [-0.4, -0.2) is 22.8 Å². The molecule has 0 unspecified atom stereocenters. The molecule has 1 saturated carbocycles. The largest absolute Gasteiger partial charge is 0.392 e. The van der Waals surface area contributed by atoms with Crippen LogP contribution >= 0.6 is 23.6 Å². The maximum atomic E-state index is 12.6. The molecule has 2 rings (SSSR count). The molecular formula is C13H18N2OS2. The summed E-state index contributed by atoms with van der Waals surface area (Å²) in [5.41, 5.74) is 5.25. The predicted octanol–water partition coefficient (Wildman–Crippen LogP) is 2.55. The monoisotopic (exact) mass is 282 g/mol. The van der Waals surface area contributed by atoms with Crippen LogP contribution in [0.5, 0.6) is 0 Å². The second-order valence-corrected chi connectivity index (χ2v) is 6.37. The minimum atomic E-state index is -0.582. The average Bonchev–Trinajstić information content (AvgIpc) is 2.98. The van der Waals surface area contributed by atoms with Gasteiger partial charge in [0.1, 0.15) is 0 Å². The summed E-state index contributed by atoms with van der Waals surface area (Å²) >= 11 is 6.80. The summed E-state index contributed by atoms with van der Waals surface area (Å²) in [6.07, 6.45) is 3.68. The van der Waals surface area contributed by atoms with Gasteiger partial charge in [-0.1, -0.05) is 31.1 Å². The van der Waals surface area contributed by atoms with Crippen LogP contribution in [0.2, 0.25) is 0 Å². The molecule has 0 atom stereocenters. The van der Waals surface area contributed by atoms with Gasteiger partial charge in [0.2, 0.25) is 5.91 Å². The zero-order valence-electron chi connectivity index (χ0n) is 10.5. The molecule has 1 heterocycles. The van der Waals surface area contributed by atoms with E-state index in [1.165, 1.54) is 4.88 Å². The van der Waals surface area contributed by atoms with E-state index in [2.05, 4.69) is 0 Å². The van der Waals surface area contributed by atoms with Crippen molar-refractivity contribution in [1.82, 2.24) is 4.90 Å². The fourth-order valence-electron chi connectivity index (χ4n) is 2.62. The lowest BCUT2D eigenvalue weighted by Crippen LogP contribution is -2.47. The topological polar surface area (TPSA) is 46.3 Å². The maximum absolute atomic E-state index is 12.6. The molecule has 18 heavy (non-hydrogen) atoms. The van der Waals surface area contributed by atoms with E-state index < -0.39 is 5.41 Å². The molecule has 98 valence electrons. The van der Waals surface area contributed by atoms with E-state index in [-0.39, 0.29) is 5.91 Å². The van der Waals surface area contributed by atoms with Crippen molar-refractivity contribution in [1.29, 1.82) is 0 Å². The van der Waals surface area contributed by atoms with Gasteiger partial charge in [0.05, 0.1) is 16.9 Å². The molecule has 0 aliphatic heterocycles. The van der Waals surface area contributed by atoms with Gasteiger partial charge in [-0.25, -0.2) is 0 Å². The lowest BCUT2D eigenvalue weighted by Gasteiger charge is -2.31. The fourth-order valence-corrected chi connectivity index (χ4v) is 3.67. The number of hydrogen-bond acceptors (Lipinski definition) is 3. The van der Waals surface area contributed by atoms with Crippen molar-refractivity contribution in [3.63, 3.8) is 0 Å². The number of amides is 1. The molecule has 1 aliphatic rings. The number of nitrogens with zero attached hydrogens (tertiary/aromatic N) is 1. The smallest absolute Gasteiger partial charge is 0.235 e. The number of thiophene rings is 1. The second kappa shape index (κ2) is 5.36. The zero-order valence-corrected chi connectivity index (χ0v) is 12.1. The summed E-state index contributed by atoms with van der Waals surface area (Å²) in [5, 5.41) is 2.02. The molecule has 0 radical (unpaired) electrons. The Morgan fingerprint density at radius 2 is 2.22 bits per heavy atom. The lowest BCUT2D eigenvalue weighted by molar-refractivity contribution is -0.137. The highest BCUT2D eigenvalue weighted by Gasteiger charge is 2.45. The van der Waals surface area contributed by atoms with E-state index >= 15 is 0 Å². The molecule has 0 spiro atoms. The first-order chi connectivity index (χ1) is 8.56. The first-order valence-electron chi connectivity index (χ1n) is 6.14. The fraction of sp³-hybridized carbons (Fsp3) is 0.538. The number of thiocarbonyl (C=S) groups is 1. The zero-order chi connectivity index (χ0) is 13.2. The SMILES string of the molecule is CN(Cc1cccs1)C(=O)C1(C(N)=S)CCCC1. The molecule has 5 heteroatoms. The third-order valence-electron chi connectivity index (χ3n) is 3.66. The van der Waals surface area contributed by atoms with Crippen LogP contribution in [0.25, 0.3) is 0 Å². The van der Waals surface area contributed by atoms with Crippen molar-refractivity contribution in [2.24, 2.45) is 11.1 Å². The summed E-state index contributed by atoms with van der Waals surface area (Å²) in [7, 11) is 1.83. The molecule has 1 aliphatic carbocycles. The van der Waals surface area contributed by atoms with Crippen molar-refractivity contribution in [3.8, 4) is 0 Å². The highest BCUT2D eigenvalue weighted by Crippen LogP contribution is 2.40. The van der Waals surface area contributed by atoms with Gasteiger partial charge in [-0.15, -0.1) is 11.3 Å². The number of nitrogens with two attached hydrogens (primary N) is 1. The van der Waals surface area contributed by atoms with Crippen molar-refractivity contribution >= 4 is 34.5 Å². The van der Waals surface area contributed by atoms with E-state index in [1.807, 2.05) is 24.6 Å². The van der Waals surface area contributed by atoms with Crippen LogP contribution in [0.15, 0.2) is 17.5 Å². The van der Waals surface area contributed by atoms with Crippen LogP contribution in [0.4, 0.5) is 0 Å². The van der Waals surface area contributed by atoms with Crippen LogP contribution in [0.1, 0.15) is 30.6 Å².